The number of carbonyl (C=O) groups is 2. The Labute approximate surface area is 176 Å². The van der Waals surface area contributed by atoms with Crippen molar-refractivity contribution in [2.75, 3.05) is 23.7 Å². The molecule has 1 aliphatic carbocycles. The van der Waals surface area contributed by atoms with Crippen molar-refractivity contribution in [3.8, 4) is 0 Å². The van der Waals surface area contributed by atoms with Gasteiger partial charge in [0.15, 0.2) is 0 Å². The number of nitrogens with zero attached hydrogens (tertiary/aromatic N) is 2. The average Bonchev–Trinajstić information content (AvgIpc) is 3.31. The molecule has 1 aliphatic heterocycles. The largest absolute Gasteiger partial charge is 0.416 e. The van der Waals surface area contributed by atoms with Crippen LogP contribution in [0.3, 0.4) is 0 Å². The molecule has 3 unspecified atom stereocenters. The van der Waals surface area contributed by atoms with Crippen molar-refractivity contribution in [1.29, 1.82) is 0 Å². The highest BCUT2D eigenvalue weighted by Crippen LogP contribution is 2.55. The van der Waals surface area contributed by atoms with Gasteiger partial charge in [0.2, 0.25) is 11.8 Å². The van der Waals surface area contributed by atoms with Gasteiger partial charge in [0.25, 0.3) is 0 Å². The molecule has 1 aromatic heterocycles. The molecule has 2 heterocycles. The lowest BCUT2D eigenvalue weighted by atomic mass is 10.1. The Morgan fingerprint density at radius 1 is 1.29 bits per heavy atom. The number of benzene rings is 1. The molecule has 4 rings (SSSR count). The Kier molecular flexibility index (Phi) is 5.43. The Bertz CT molecular complexity index is 1020. The summed E-state index contributed by atoms with van der Waals surface area (Å²) in [5.41, 5.74) is 5.78. The number of hydrogen-bond donors (Lipinski definition) is 2. The van der Waals surface area contributed by atoms with Gasteiger partial charge in [-0.1, -0.05) is 6.07 Å². The maximum Gasteiger partial charge on any atom is 0.416 e. The van der Waals surface area contributed by atoms with E-state index in [9.17, 15) is 22.8 Å². The number of alkyl halides is 3. The quantitative estimate of drug-likeness (QED) is 0.690. The number of nitrogens with one attached hydrogen (secondary N) is 1. The van der Waals surface area contributed by atoms with E-state index in [1.807, 2.05) is 0 Å². The van der Waals surface area contributed by atoms with Crippen molar-refractivity contribution < 1.29 is 22.8 Å². The first-order valence-electron chi connectivity index (χ1n) is 9.90. The molecule has 0 bridgehead atoms. The van der Waals surface area contributed by atoms with Crippen LogP contribution in [0.5, 0.6) is 0 Å². The van der Waals surface area contributed by atoms with E-state index >= 15 is 0 Å². The van der Waals surface area contributed by atoms with Gasteiger partial charge in [-0.15, -0.1) is 0 Å². The number of anilines is 2. The molecule has 162 valence electrons. The molecule has 9 heteroatoms. The lowest BCUT2D eigenvalue weighted by Crippen LogP contribution is -2.31. The van der Waals surface area contributed by atoms with Crippen LogP contribution in [-0.2, 0) is 15.8 Å². The van der Waals surface area contributed by atoms with Crippen LogP contribution < -0.4 is 16.0 Å². The van der Waals surface area contributed by atoms with Crippen LogP contribution in [0, 0.1) is 17.8 Å². The highest BCUT2D eigenvalue weighted by molar-refractivity contribution is 6.00. The van der Waals surface area contributed by atoms with E-state index in [-0.39, 0.29) is 35.3 Å². The number of nitrogens with two attached hydrogens (primary N) is 1. The average molecular weight is 430 g/mol. The predicted molar refractivity (Wildman–Crippen MR) is 110 cm³/mol. The van der Waals surface area contributed by atoms with Gasteiger partial charge in [0.05, 0.1) is 5.56 Å². The highest BCUT2D eigenvalue weighted by Gasteiger charge is 2.61. The Hall–Kier alpha value is -3.36. The summed E-state index contributed by atoms with van der Waals surface area (Å²) in [5, 5.41) is 2.79. The molecular formula is C22H21F3N4O2. The third-order valence-corrected chi connectivity index (χ3v) is 5.77. The third kappa shape index (κ3) is 4.55. The summed E-state index contributed by atoms with van der Waals surface area (Å²) >= 11 is 0. The number of fused-ring (bicyclic) bond motifs is 1. The van der Waals surface area contributed by atoms with Crippen LogP contribution in [0.1, 0.15) is 17.5 Å². The summed E-state index contributed by atoms with van der Waals surface area (Å²) in [6, 6.07) is 8.24. The number of hydrogen-bond acceptors (Lipinski definition) is 4. The zero-order valence-corrected chi connectivity index (χ0v) is 16.5. The van der Waals surface area contributed by atoms with E-state index in [2.05, 4.69) is 10.3 Å². The highest BCUT2D eigenvalue weighted by atomic mass is 19.4. The first-order valence-corrected chi connectivity index (χ1v) is 9.90. The Morgan fingerprint density at radius 3 is 2.74 bits per heavy atom. The lowest BCUT2D eigenvalue weighted by Gasteiger charge is -2.21. The van der Waals surface area contributed by atoms with Crippen LogP contribution in [-0.4, -0.2) is 29.9 Å². The van der Waals surface area contributed by atoms with Crippen LogP contribution in [0.2, 0.25) is 0 Å². The molecule has 2 fully saturated rings. The summed E-state index contributed by atoms with van der Waals surface area (Å²) in [7, 11) is 0. The second-order valence-corrected chi connectivity index (χ2v) is 7.78. The molecule has 1 saturated carbocycles. The molecule has 2 aliphatic rings. The van der Waals surface area contributed by atoms with E-state index in [4.69, 9.17) is 5.73 Å². The van der Waals surface area contributed by atoms with E-state index in [1.54, 1.807) is 24.4 Å². The van der Waals surface area contributed by atoms with Crippen molar-refractivity contribution in [3.05, 3.63) is 59.8 Å². The second kappa shape index (κ2) is 8.05. The van der Waals surface area contributed by atoms with Gasteiger partial charge in [-0.3, -0.25) is 9.59 Å². The molecule has 2 amide bonds. The smallest absolute Gasteiger partial charge is 0.384 e. The van der Waals surface area contributed by atoms with E-state index in [0.717, 1.165) is 17.7 Å². The molecule has 2 aromatic rings. The number of aromatic nitrogens is 1. The van der Waals surface area contributed by atoms with Crippen LogP contribution in [0.25, 0.3) is 6.08 Å². The SMILES string of the molecule is Nc1ccc(/C=C/C(=O)NCCC2C3CN(c4cccc(C(F)(F)F)c4)C(=O)C23)cn1. The number of amides is 2. The summed E-state index contributed by atoms with van der Waals surface area (Å²) in [5.74, 6) is 0.104. The molecule has 0 spiro atoms. The monoisotopic (exact) mass is 430 g/mol. The zero-order chi connectivity index (χ0) is 22.2. The molecule has 3 N–H and O–H groups in total. The van der Waals surface area contributed by atoms with E-state index in [0.29, 0.717) is 25.3 Å². The van der Waals surface area contributed by atoms with Crippen molar-refractivity contribution in [2.45, 2.75) is 12.6 Å². The molecule has 0 radical (unpaired) electrons. The van der Waals surface area contributed by atoms with Crippen molar-refractivity contribution in [3.63, 3.8) is 0 Å². The predicted octanol–water partition coefficient (Wildman–Crippen LogP) is 3.11. The number of pyridine rings is 1. The summed E-state index contributed by atoms with van der Waals surface area (Å²) in [6.07, 6.45) is 0.805. The number of rotatable bonds is 6. The minimum Gasteiger partial charge on any atom is -0.384 e. The Balaban J connectivity index is 1.25. The van der Waals surface area contributed by atoms with Gasteiger partial charge in [-0.2, -0.15) is 13.2 Å². The third-order valence-electron chi connectivity index (χ3n) is 5.77. The maximum atomic E-state index is 12.9. The molecular weight excluding hydrogens is 409 g/mol. The lowest BCUT2D eigenvalue weighted by molar-refractivity contribution is -0.137. The van der Waals surface area contributed by atoms with Crippen LogP contribution in [0.15, 0.2) is 48.7 Å². The summed E-state index contributed by atoms with van der Waals surface area (Å²) in [6.45, 7) is 0.838. The number of halogens is 3. The van der Waals surface area contributed by atoms with Crippen molar-refractivity contribution in [2.24, 2.45) is 17.8 Å². The van der Waals surface area contributed by atoms with Crippen LogP contribution in [0.4, 0.5) is 24.7 Å². The molecule has 31 heavy (non-hydrogen) atoms. The van der Waals surface area contributed by atoms with Crippen LogP contribution >= 0.6 is 0 Å². The Morgan fingerprint density at radius 2 is 2.10 bits per heavy atom. The molecule has 1 aromatic carbocycles. The van der Waals surface area contributed by atoms with Gasteiger partial charge in [0, 0.05) is 37.0 Å². The summed E-state index contributed by atoms with van der Waals surface area (Å²) < 4.78 is 38.8. The fourth-order valence-electron chi connectivity index (χ4n) is 4.13. The maximum absolute atomic E-state index is 12.9. The first kappa shape index (κ1) is 20.9. The van der Waals surface area contributed by atoms with Gasteiger partial charge in [-0.25, -0.2) is 4.98 Å². The van der Waals surface area contributed by atoms with Gasteiger partial charge >= 0.3 is 6.18 Å². The van der Waals surface area contributed by atoms with Gasteiger partial charge in [-0.05, 0) is 60.2 Å². The summed E-state index contributed by atoms with van der Waals surface area (Å²) in [4.78, 5) is 29.9. The molecule has 3 atom stereocenters. The van der Waals surface area contributed by atoms with Gasteiger partial charge in [0.1, 0.15) is 5.82 Å². The number of nitrogen functional groups attached to an aromatic ring is 1. The van der Waals surface area contributed by atoms with Gasteiger partial charge < -0.3 is 16.0 Å². The number of piperidine rings is 1. The second-order valence-electron chi connectivity index (χ2n) is 7.78. The minimum atomic E-state index is -4.44. The zero-order valence-electron chi connectivity index (χ0n) is 16.5. The van der Waals surface area contributed by atoms with E-state index < -0.39 is 11.7 Å². The van der Waals surface area contributed by atoms with E-state index in [1.165, 1.54) is 23.1 Å². The fraction of sp³-hybridized carbons (Fsp3) is 0.318. The van der Waals surface area contributed by atoms with Crippen molar-refractivity contribution in [1.82, 2.24) is 10.3 Å². The first-order chi connectivity index (χ1) is 14.7. The van der Waals surface area contributed by atoms with Crippen molar-refractivity contribution >= 4 is 29.4 Å². The molecule has 1 saturated heterocycles. The fourth-order valence-corrected chi connectivity index (χ4v) is 4.13. The molecule has 6 nitrogen and oxygen atoms in total. The normalized spacial score (nSPS) is 22.6. The minimum absolute atomic E-state index is 0.121. The topological polar surface area (TPSA) is 88.3 Å². The standard InChI is InChI=1S/C22H21F3N4O2/c23-22(24,25)14-2-1-3-15(10-14)29-12-17-16(20(17)21(29)31)8-9-27-19(30)7-5-13-4-6-18(26)28-11-13/h1-7,10-11,16-17,20H,8-9,12H2,(H2,26,28)(H,27,30)/b7-5+. The number of carbonyl (C=O) groups excluding carboxylic acids is 2.